The van der Waals surface area contributed by atoms with Crippen molar-refractivity contribution in [3.63, 3.8) is 0 Å². The third kappa shape index (κ3) is 7.06. The zero-order chi connectivity index (χ0) is 41.5. The van der Waals surface area contributed by atoms with Gasteiger partial charge in [-0.1, -0.05) is 40.2 Å². The molecule has 6 fully saturated rings. The molecule has 4 aliphatic carbocycles. The summed E-state index contributed by atoms with van der Waals surface area (Å²) >= 11 is 0. The summed E-state index contributed by atoms with van der Waals surface area (Å²) in [5.41, 5.74) is -2.05. The highest BCUT2D eigenvalue weighted by atomic mass is 16.7. The van der Waals surface area contributed by atoms with E-state index in [-0.39, 0.29) is 23.7 Å². The Kier molecular flexibility index (Phi) is 12.7. The first-order chi connectivity index (χ1) is 26.0. The van der Waals surface area contributed by atoms with Crippen molar-refractivity contribution in [3.05, 3.63) is 12.2 Å². The number of ether oxygens (including phenoxy) is 4. The molecular formula is C42H72O14. The van der Waals surface area contributed by atoms with Gasteiger partial charge in [0.1, 0.15) is 48.8 Å². The zero-order valence-corrected chi connectivity index (χ0v) is 34.4. The minimum absolute atomic E-state index is 0.00235. The Morgan fingerprint density at radius 2 is 1.34 bits per heavy atom. The van der Waals surface area contributed by atoms with Gasteiger partial charge >= 0.3 is 0 Å². The summed E-state index contributed by atoms with van der Waals surface area (Å²) in [6, 6.07) is 0. The van der Waals surface area contributed by atoms with Gasteiger partial charge in [-0.05, 0) is 117 Å². The van der Waals surface area contributed by atoms with Crippen molar-refractivity contribution in [1.82, 2.24) is 0 Å². The van der Waals surface area contributed by atoms with Crippen LogP contribution < -0.4 is 0 Å². The molecule has 2 saturated heterocycles. The highest BCUT2D eigenvalue weighted by Crippen LogP contribution is 2.76. The molecule has 0 aromatic carbocycles. The molecule has 0 radical (unpaired) electrons. The maximum absolute atomic E-state index is 12.6. The molecule has 56 heavy (non-hydrogen) atoms. The van der Waals surface area contributed by atoms with E-state index in [1.54, 1.807) is 0 Å². The highest BCUT2D eigenvalue weighted by molar-refractivity contribution is 5.22. The lowest BCUT2D eigenvalue weighted by atomic mass is 9.34. The highest BCUT2D eigenvalue weighted by Gasteiger charge is 2.74. The number of allylic oxidation sites excluding steroid dienone is 1. The quantitative estimate of drug-likeness (QED) is 0.104. The van der Waals surface area contributed by atoms with E-state index >= 15 is 0 Å². The molecule has 324 valence electrons. The van der Waals surface area contributed by atoms with Crippen LogP contribution in [-0.2, 0) is 18.9 Å². The van der Waals surface area contributed by atoms with Crippen molar-refractivity contribution in [2.75, 3.05) is 13.2 Å². The van der Waals surface area contributed by atoms with E-state index in [1.165, 1.54) is 0 Å². The Hall–Kier alpha value is -0.820. The van der Waals surface area contributed by atoms with Gasteiger partial charge in [-0.15, -0.1) is 6.58 Å². The Morgan fingerprint density at radius 3 is 1.91 bits per heavy atom. The first kappa shape index (κ1) is 44.7. The maximum Gasteiger partial charge on any atom is 0.187 e. The van der Waals surface area contributed by atoms with E-state index in [9.17, 15) is 51.1 Å². The minimum Gasteiger partial charge on any atom is -0.394 e. The number of rotatable bonds is 11. The largest absolute Gasteiger partial charge is 0.394 e. The summed E-state index contributed by atoms with van der Waals surface area (Å²) in [5.74, 6) is -0.787. The maximum atomic E-state index is 12.6. The van der Waals surface area contributed by atoms with E-state index in [4.69, 9.17) is 18.9 Å². The standard InChI is InChI=1S/C42H72O14/c1-20(2)10-9-13-42(8,56-37-34(52)32(50)30(48)25(19-44)55-37)21-11-15-40(6)28(21)22(45)16-26-39(5)14-12-27(46)38(3,4)35(39)23(17-41(26,40)7)53-36-33(51)31(49)29(47)24(18-43)54-36/h21-37,43-52H,1,9-19H2,2-8H3. The lowest BCUT2D eigenvalue weighted by Crippen LogP contribution is -2.71. The van der Waals surface area contributed by atoms with E-state index in [2.05, 4.69) is 27.4 Å². The molecule has 6 rings (SSSR count). The van der Waals surface area contributed by atoms with Crippen LogP contribution in [0, 0.1) is 45.3 Å². The monoisotopic (exact) mass is 800 g/mol. The van der Waals surface area contributed by atoms with Gasteiger partial charge in [0.05, 0.1) is 37.1 Å². The lowest BCUT2D eigenvalue weighted by Gasteiger charge is -2.72. The molecule has 14 nitrogen and oxygen atoms in total. The smallest absolute Gasteiger partial charge is 0.187 e. The minimum atomic E-state index is -1.61. The summed E-state index contributed by atoms with van der Waals surface area (Å²) in [6.07, 6.45) is -10.9. The van der Waals surface area contributed by atoms with Crippen molar-refractivity contribution in [2.24, 2.45) is 45.3 Å². The molecule has 21 atom stereocenters. The molecule has 2 aliphatic heterocycles. The van der Waals surface area contributed by atoms with Crippen molar-refractivity contribution in [3.8, 4) is 0 Å². The fourth-order valence-electron chi connectivity index (χ4n) is 13.6. The zero-order valence-electron chi connectivity index (χ0n) is 34.4. The first-order valence-corrected chi connectivity index (χ1v) is 21.0. The first-order valence-electron chi connectivity index (χ1n) is 21.0. The molecule has 0 spiro atoms. The van der Waals surface area contributed by atoms with Gasteiger partial charge in [0.25, 0.3) is 0 Å². The molecule has 0 amide bonds. The van der Waals surface area contributed by atoms with E-state index < -0.39 is 120 Å². The summed E-state index contributed by atoms with van der Waals surface area (Å²) in [7, 11) is 0. The third-order valence-corrected chi connectivity index (χ3v) is 16.7. The van der Waals surface area contributed by atoms with Crippen LogP contribution in [0.2, 0.25) is 0 Å². The van der Waals surface area contributed by atoms with Crippen molar-refractivity contribution < 1.29 is 70.0 Å². The summed E-state index contributed by atoms with van der Waals surface area (Å²) < 4.78 is 25.4. The number of aliphatic hydroxyl groups excluding tert-OH is 10. The second-order valence-corrected chi connectivity index (χ2v) is 20.2. The second kappa shape index (κ2) is 15.9. The Labute approximate surface area is 331 Å². The molecule has 6 aliphatic rings. The number of hydrogen-bond donors (Lipinski definition) is 10. The van der Waals surface area contributed by atoms with Gasteiger partial charge in [-0.3, -0.25) is 0 Å². The van der Waals surface area contributed by atoms with Crippen molar-refractivity contribution >= 4 is 0 Å². The average Bonchev–Trinajstić information content (AvgIpc) is 3.52. The molecule has 4 saturated carbocycles. The Balaban J connectivity index is 1.38. The van der Waals surface area contributed by atoms with Crippen LogP contribution in [-0.4, -0.2) is 150 Å². The molecule has 10 N–H and O–H groups in total. The van der Waals surface area contributed by atoms with Gasteiger partial charge in [0.2, 0.25) is 0 Å². The van der Waals surface area contributed by atoms with E-state index in [0.29, 0.717) is 44.9 Å². The summed E-state index contributed by atoms with van der Waals surface area (Å²) in [5, 5.41) is 109. The molecule has 0 bridgehead atoms. The van der Waals surface area contributed by atoms with Crippen LogP contribution in [0.1, 0.15) is 106 Å². The molecule has 2 heterocycles. The van der Waals surface area contributed by atoms with Crippen LogP contribution >= 0.6 is 0 Å². The predicted octanol–water partition coefficient (Wildman–Crippen LogP) is 1.12. The molecule has 0 aromatic rings. The van der Waals surface area contributed by atoms with Gasteiger partial charge in [-0.25, -0.2) is 0 Å². The Bertz CT molecular complexity index is 1390. The van der Waals surface area contributed by atoms with Crippen molar-refractivity contribution in [1.29, 1.82) is 0 Å². The van der Waals surface area contributed by atoms with Crippen LogP contribution in [0.15, 0.2) is 12.2 Å². The molecular weight excluding hydrogens is 728 g/mol. The molecule has 21 unspecified atom stereocenters. The van der Waals surface area contributed by atoms with Crippen molar-refractivity contribution in [2.45, 2.75) is 192 Å². The molecule has 0 aromatic heterocycles. The fraction of sp³-hybridized carbons (Fsp3) is 0.952. The van der Waals surface area contributed by atoms with Crippen LogP contribution in [0.5, 0.6) is 0 Å². The second-order valence-electron chi connectivity index (χ2n) is 20.2. The predicted molar refractivity (Wildman–Crippen MR) is 202 cm³/mol. The SMILES string of the molecule is C=C(C)CCCC(C)(OC1OC(CO)C(O)C(O)C1O)C1CCC2(C)C1C(O)CC1C3(C)CCC(O)C(C)(C)C3C(OC3OC(CO)C(O)C(O)C3O)CC12C. The Morgan fingerprint density at radius 1 is 0.768 bits per heavy atom. The number of hydrogen-bond acceptors (Lipinski definition) is 14. The van der Waals surface area contributed by atoms with Crippen LogP contribution in [0.4, 0.5) is 0 Å². The van der Waals surface area contributed by atoms with Gasteiger partial charge in [0.15, 0.2) is 12.6 Å². The summed E-state index contributed by atoms with van der Waals surface area (Å²) in [6.45, 7) is 17.7. The lowest BCUT2D eigenvalue weighted by molar-refractivity contribution is -0.349. The van der Waals surface area contributed by atoms with Gasteiger partial charge in [0, 0.05) is 0 Å². The number of aliphatic hydroxyl groups is 10. The summed E-state index contributed by atoms with van der Waals surface area (Å²) in [4.78, 5) is 0. The average molecular weight is 801 g/mol. The normalized spacial score (nSPS) is 52.7. The van der Waals surface area contributed by atoms with Gasteiger partial charge in [-0.2, -0.15) is 0 Å². The van der Waals surface area contributed by atoms with E-state index in [0.717, 1.165) is 18.4 Å². The molecule has 14 heteroatoms. The third-order valence-electron chi connectivity index (χ3n) is 16.7. The van der Waals surface area contributed by atoms with E-state index in [1.807, 2.05) is 27.7 Å². The van der Waals surface area contributed by atoms with Crippen LogP contribution in [0.25, 0.3) is 0 Å². The van der Waals surface area contributed by atoms with Gasteiger partial charge < -0.3 is 70.0 Å². The van der Waals surface area contributed by atoms with Crippen LogP contribution in [0.3, 0.4) is 0 Å². The fourth-order valence-corrected chi connectivity index (χ4v) is 13.6. The number of fused-ring (bicyclic) bond motifs is 5. The topological polar surface area (TPSA) is 239 Å².